The lowest BCUT2D eigenvalue weighted by atomic mass is 9.77. The van der Waals surface area contributed by atoms with Gasteiger partial charge in [0.05, 0.1) is 6.61 Å². The average Bonchev–Trinajstić information content (AvgIpc) is 3.12. The minimum Gasteiger partial charge on any atom is -0.381 e. The summed E-state index contributed by atoms with van der Waals surface area (Å²) in [6.45, 7) is 4.60. The number of rotatable bonds is 4. The maximum Gasteiger partial charge on any atom is 0.0509 e. The van der Waals surface area contributed by atoms with Crippen molar-refractivity contribution in [3.05, 3.63) is 0 Å². The van der Waals surface area contributed by atoms with Crippen LogP contribution in [-0.4, -0.2) is 49.8 Å². The maximum atomic E-state index is 5.77. The number of hydrogen-bond donors (Lipinski definition) is 1. The first-order chi connectivity index (χ1) is 9.37. The number of likely N-dealkylation sites (N-methyl/N-ethyl adjacent to an activating group) is 1. The molecule has 0 aromatic rings. The summed E-state index contributed by atoms with van der Waals surface area (Å²) in [7, 11) is 2.18. The van der Waals surface area contributed by atoms with Gasteiger partial charge in [0.15, 0.2) is 0 Å². The van der Waals surface area contributed by atoms with Crippen molar-refractivity contribution in [3.63, 3.8) is 0 Å². The predicted octanol–water partition coefficient (Wildman–Crippen LogP) is 2.41. The Morgan fingerprint density at radius 1 is 1.11 bits per heavy atom. The number of hydrogen-bond acceptors (Lipinski definition) is 3. The molecule has 0 aromatic carbocycles. The summed E-state index contributed by atoms with van der Waals surface area (Å²) in [4.78, 5) is 2.83. The molecule has 2 aliphatic heterocycles. The van der Waals surface area contributed by atoms with Crippen LogP contribution in [0.4, 0.5) is 0 Å². The van der Waals surface area contributed by atoms with Gasteiger partial charge in [0, 0.05) is 18.2 Å². The number of nitrogens with zero attached hydrogens (tertiary/aromatic N) is 1. The fourth-order valence-corrected chi connectivity index (χ4v) is 4.95. The summed E-state index contributed by atoms with van der Waals surface area (Å²) in [6.07, 6.45) is 11.0. The molecule has 2 heterocycles. The van der Waals surface area contributed by atoms with E-state index in [1.54, 1.807) is 0 Å². The SMILES string of the molecule is CNC(C1CCCOC1)C1(N2CCCC2)CCCC1. The maximum absolute atomic E-state index is 5.77. The zero-order valence-corrected chi connectivity index (χ0v) is 12.5. The second-order valence-corrected chi connectivity index (χ2v) is 6.75. The van der Waals surface area contributed by atoms with Crippen LogP contribution >= 0.6 is 0 Å². The van der Waals surface area contributed by atoms with Crippen molar-refractivity contribution >= 4 is 0 Å². The van der Waals surface area contributed by atoms with Crippen LogP contribution in [0.25, 0.3) is 0 Å². The molecule has 2 saturated heterocycles. The van der Waals surface area contributed by atoms with E-state index in [9.17, 15) is 0 Å². The minimum atomic E-state index is 0.441. The van der Waals surface area contributed by atoms with E-state index in [0.717, 1.165) is 19.1 Å². The Bertz CT molecular complexity index is 276. The van der Waals surface area contributed by atoms with Gasteiger partial charge in [-0.15, -0.1) is 0 Å². The summed E-state index contributed by atoms with van der Waals surface area (Å²) in [5.41, 5.74) is 0.441. The Morgan fingerprint density at radius 2 is 1.84 bits per heavy atom. The molecule has 3 heteroatoms. The van der Waals surface area contributed by atoms with Gasteiger partial charge < -0.3 is 10.1 Å². The smallest absolute Gasteiger partial charge is 0.0509 e. The summed E-state index contributed by atoms with van der Waals surface area (Å²) in [5, 5.41) is 3.71. The van der Waals surface area contributed by atoms with Crippen molar-refractivity contribution in [3.8, 4) is 0 Å². The van der Waals surface area contributed by atoms with Crippen LogP contribution in [0.2, 0.25) is 0 Å². The third kappa shape index (κ3) is 2.57. The largest absolute Gasteiger partial charge is 0.381 e. The van der Waals surface area contributed by atoms with Gasteiger partial charge >= 0.3 is 0 Å². The molecule has 19 heavy (non-hydrogen) atoms. The quantitative estimate of drug-likeness (QED) is 0.846. The first kappa shape index (κ1) is 13.8. The zero-order valence-electron chi connectivity index (χ0n) is 12.5. The summed E-state index contributed by atoms with van der Waals surface area (Å²) >= 11 is 0. The number of nitrogens with one attached hydrogen (secondary N) is 1. The molecule has 3 fully saturated rings. The molecule has 1 N–H and O–H groups in total. The molecule has 3 nitrogen and oxygen atoms in total. The molecule has 1 saturated carbocycles. The van der Waals surface area contributed by atoms with E-state index >= 15 is 0 Å². The van der Waals surface area contributed by atoms with Crippen molar-refractivity contribution in [2.24, 2.45) is 5.92 Å². The molecule has 0 bridgehead atoms. The van der Waals surface area contributed by atoms with E-state index in [0.29, 0.717) is 11.6 Å². The van der Waals surface area contributed by atoms with Crippen LogP contribution in [0, 0.1) is 5.92 Å². The average molecular weight is 266 g/mol. The highest BCUT2D eigenvalue weighted by Gasteiger charge is 2.48. The van der Waals surface area contributed by atoms with Crippen LogP contribution in [0.15, 0.2) is 0 Å². The van der Waals surface area contributed by atoms with Crippen molar-refractivity contribution < 1.29 is 4.74 Å². The number of ether oxygens (including phenoxy) is 1. The van der Waals surface area contributed by atoms with Gasteiger partial charge in [0.1, 0.15) is 0 Å². The standard InChI is InChI=1S/C16H30N2O/c1-17-15(14-7-6-12-19-13-14)16(8-2-3-9-16)18-10-4-5-11-18/h14-15,17H,2-13H2,1H3. The van der Waals surface area contributed by atoms with Gasteiger partial charge in [0.2, 0.25) is 0 Å². The van der Waals surface area contributed by atoms with E-state index in [1.165, 1.54) is 64.5 Å². The Morgan fingerprint density at radius 3 is 2.42 bits per heavy atom. The molecule has 3 aliphatic rings. The van der Waals surface area contributed by atoms with Gasteiger partial charge in [-0.2, -0.15) is 0 Å². The second-order valence-electron chi connectivity index (χ2n) is 6.75. The first-order valence-corrected chi connectivity index (χ1v) is 8.37. The molecule has 0 amide bonds. The third-order valence-corrected chi connectivity index (χ3v) is 5.76. The van der Waals surface area contributed by atoms with Gasteiger partial charge in [-0.25, -0.2) is 0 Å². The van der Waals surface area contributed by atoms with Crippen LogP contribution in [0.5, 0.6) is 0 Å². The van der Waals surface area contributed by atoms with Crippen LogP contribution in [0.1, 0.15) is 51.4 Å². The first-order valence-electron chi connectivity index (χ1n) is 8.37. The van der Waals surface area contributed by atoms with Crippen molar-refractivity contribution in [1.82, 2.24) is 10.2 Å². The van der Waals surface area contributed by atoms with Crippen molar-refractivity contribution in [2.75, 3.05) is 33.4 Å². The molecule has 2 unspecified atom stereocenters. The Labute approximate surface area is 118 Å². The van der Waals surface area contributed by atoms with Gasteiger partial charge in [-0.3, -0.25) is 4.90 Å². The van der Waals surface area contributed by atoms with Crippen LogP contribution in [-0.2, 0) is 4.74 Å². The highest BCUT2D eigenvalue weighted by Crippen LogP contribution is 2.43. The molecule has 110 valence electrons. The van der Waals surface area contributed by atoms with E-state index in [-0.39, 0.29) is 0 Å². The minimum absolute atomic E-state index is 0.441. The van der Waals surface area contributed by atoms with Crippen LogP contribution < -0.4 is 5.32 Å². The molecule has 0 spiro atoms. The second kappa shape index (κ2) is 6.11. The van der Waals surface area contributed by atoms with Crippen molar-refractivity contribution in [2.45, 2.75) is 62.9 Å². The highest BCUT2D eigenvalue weighted by atomic mass is 16.5. The monoisotopic (exact) mass is 266 g/mol. The molecular weight excluding hydrogens is 236 g/mol. The molecular formula is C16H30N2O. The van der Waals surface area contributed by atoms with E-state index in [1.807, 2.05) is 0 Å². The lowest BCUT2D eigenvalue weighted by Crippen LogP contribution is -2.62. The van der Waals surface area contributed by atoms with Crippen molar-refractivity contribution in [1.29, 1.82) is 0 Å². The topological polar surface area (TPSA) is 24.5 Å². The molecule has 0 aromatic heterocycles. The molecule has 3 rings (SSSR count). The van der Waals surface area contributed by atoms with Gasteiger partial charge in [-0.1, -0.05) is 12.8 Å². The van der Waals surface area contributed by atoms with Gasteiger partial charge in [0.25, 0.3) is 0 Å². The van der Waals surface area contributed by atoms with Crippen LogP contribution in [0.3, 0.4) is 0 Å². The summed E-state index contributed by atoms with van der Waals surface area (Å²) < 4.78 is 5.77. The Balaban J connectivity index is 1.79. The summed E-state index contributed by atoms with van der Waals surface area (Å²) in [6, 6.07) is 0.633. The fourth-order valence-electron chi connectivity index (χ4n) is 4.95. The Hall–Kier alpha value is -0.120. The van der Waals surface area contributed by atoms with E-state index in [2.05, 4.69) is 17.3 Å². The number of likely N-dealkylation sites (tertiary alicyclic amines) is 1. The van der Waals surface area contributed by atoms with E-state index < -0.39 is 0 Å². The zero-order chi connectivity index (χ0) is 13.1. The lowest BCUT2D eigenvalue weighted by molar-refractivity contribution is -0.0105. The highest BCUT2D eigenvalue weighted by molar-refractivity contribution is 5.06. The Kier molecular flexibility index (Phi) is 4.45. The van der Waals surface area contributed by atoms with Gasteiger partial charge in [-0.05, 0) is 64.6 Å². The third-order valence-electron chi connectivity index (χ3n) is 5.76. The predicted molar refractivity (Wildman–Crippen MR) is 78.4 cm³/mol. The van der Waals surface area contributed by atoms with E-state index in [4.69, 9.17) is 4.74 Å². The normalized spacial score (nSPS) is 33.6. The molecule has 1 aliphatic carbocycles. The summed E-state index contributed by atoms with van der Waals surface area (Å²) in [5.74, 6) is 0.720. The lowest BCUT2D eigenvalue weighted by Gasteiger charge is -2.48. The fraction of sp³-hybridized carbons (Fsp3) is 1.00. The molecule has 0 radical (unpaired) electrons. The molecule has 2 atom stereocenters.